The van der Waals surface area contributed by atoms with E-state index in [1.165, 1.54) is 7.11 Å². The monoisotopic (exact) mass is 329 g/mol. The van der Waals surface area contributed by atoms with Crippen molar-refractivity contribution in [1.82, 2.24) is 0 Å². The summed E-state index contributed by atoms with van der Waals surface area (Å²) in [6.45, 7) is 5.94. The summed E-state index contributed by atoms with van der Waals surface area (Å²) in [5.74, 6) is -0.0509. The first-order chi connectivity index (χ1) is 11.4. The molecule has 0 bridgehead atoms. The molecule has 0 heterocycles. The molecule has 130 valence electrons. The number of hydrogen-bond acceptors (Lipinski definition) is 4. The van der Waals surface area contributed by atoms with Crippen LogP contribution in [0.1, 0.15) is 50.2 Å². The van der Waals surface area contributed by atoms with Gasteiger partial charge in [-0.1, -0.05) is 25.1 Å². The number of methoxy groups -OCH3 is 1. The lowest BCUT2D eigenvalue weighted by atomic mass is 9.82. The number of carbonyl (C=O) groups is 2. The molecule has 1 aromatic carbocycles. The lowest BCUT2D eigenvalue weighted by molar-refractivity contribution is -0.144. The molecule has 1 aliphatic carbocycles. The van der Waals surface area contributed by atoms with Crippen LogP contribution in [0.4, 0.5) is 5.69 Å². The number of carbonyl (C=O) groups excluding carboxylic acids is 2. The number of benzene rings is 1. The number of nitrogens with zero attached hydrogens (tertiary/aromatic N) is 1. The fraction of sp³-hybridized carbons (Fsp3) is 0.550. The highest BCUT2D eigenvalue weighted by atomic mass is 16.5. The Bertz CT molecular complexity index is 628. The highest BCUT2D eigenvalue weighted by molar-refractivity contribution is 5.96. The molecule has 4 nitrogen and oxygen atoms in total. The van der Waals surface area contributed by atoms with Crippen LogP contribution in [0, 0.1) is 25.7 Å². The molecule has 0 aliphatic heterocycles. The Balaban J connectivity index is 2.36. The molecule has 0 spiro atoms. The van der Waals surface area contributed by atoms with Crippen LogP contribution in [0.5, 0.6) is 0 Å². The molecule has 1 saturated carbocycles. The molecule has 1 fully saturated rings. The molecule has 2 rings (SSSR count). The van der Waals surface area contributed by atoms with Crippen LogP contribution in [-0.2, 0) is 14.3 Å². The highest BCUT2D eigenvalue weighted by Gasteiger charge is 2.27. The number of esters is 1. The summed E-state index contributed by atoms with van der Waals surface area (Å²) in [7, 11) is 1.41. The first-order valence-electron chi connectivity index (χ1n) is 8.65. The first-order valence-corrected chi connectivity index (χ1v) is 8.65. The van der Waals surface area contributed by atoms with Crippen molar-refractivity contribution in [2.75, 3.05) is 7.11 Å². The number of para-hydroxylation sites is 1. The van der Waals surface area contributed by atoms with Gasteiger partial charge in [0.2, 0.25) is 0 Å². The predicted octanol–water partition coefficient (Wildman–Crippen LogP) is 4.33. The predicted molar refractivity (Wildman–Crippen MR) is 95.8 cm³/mol. The Hall–Kier alpha value is -1.97. The Kier molecular flexibility index (Phi) is 6.29. The van der Waals surface area contributed by atoms with Gasteiger partial charge in [0.15, 0.2) is 0 Å². The SMILES string of the molecule is COC(=O)C(C)CC(=Nc1c(C)cccc1C)C1CCCC(=O)C1. The number of Topliss-reactive ketones (excluding diaryl/α,β-unsaturated/α-hetero) is 1. The topological polar surface area (TPSA) is 55.7 Å². The van der Waals surface area contributed by atoms with Gasteiger partial charge in [-0.25, -0.2) is 0 Å². The molecule has 0 aromatic heterocycles. The molecule has 0 N–H and O–H groups in total. The molecule has 0 saturated heterocycles. The van der Waals surface area contributed by atoms with E-state index in [1.807, 2.05) is 39.0 Å². The number of rotatable bonds is 5. The summed E-state index contributed by atoms with van der Waals surface area (Å²) in [4.78, 5) is 28.7. The van der Waals surface area contributed by atoms with E-state index < -0.39 is 0 Å². The fourth-order valence-electron chi connectivity index (χ4n) is 3.34. The smallest absolute Gasteiger partial charge is 0.308 e. The average molecular weight is 329 g/mol. The van der Waals surface area contributed by atoms with E-state index in [9.17, 15) is 9.59 Å². The Morgan fingerprint density at radius 2 is 2.00 bits per heavy atom. The normalized spacial score (nSPS) is 19.9. The van der Waals surface area contributed by atoms with Gasteiger partial charge in [0.05, 0.1) is 18.7 Å². The standard InChI is InChI=1S/C20H27NO3/c1-13-7-5-8-14(2)19(13)21-18(11-15(3)20(23)24-4)16-9-6-10-17(22)12-16/h5,7-8,15-16H,6,9-12H2,1-4H3. The van der Waals surface area contributed by atoms with E-state index in [0.29, 0.717) is 25.0 Å². The van der Waals surface area contributed by atoms with Crippen molar-refractivity contribution in [1.29, 1.82) is 0 Å². The molecule has 2 atom stereocenters. The lowest BCUT2D eigenvalue weighted by Gasteiger charge is -2.24. The zero-order chi connectivity index (χ0) is 17.7. The molecule has 0 radical (unpaired) electrons. The average Bonchev–Trinajstić information content (AvgIpc) is 2.56. The highest BCUT2D eigenvalue weighted by Crippen LogP contribution is 2.30. The van der Waals surface area contributed by atoms with E-state index in [0.717, 1.165) is 35.4 Å². The molecule has 4 heteroatoms. The Morgan fingerprint density at radius 3 is 2.58 bits per heavy atom. The lowest BCUT2D eigenvalue weighted by Crippen LogP contribution is -2.26. The third kappa shape index (κ3) is 4.53. The first kappa shape index (κ1) is 18.4. The van der Waals surface area contributed by atoms with Gasteiger partial charge in [-0.2, -0.15) is 0 Å². The van der Waals surface area contributed by atoms with E-state index >= 15 is 0 Å². The second kappa shape index (κ2) is 8.22. The van der Waals surface area contributed by atoms with Gasteiger partial charge in [-0.15, -0.1) is 0 Å². The van der Waals surface area contributed by atoms with Gasteiger partial charge in [-0.05, 0) is 44.2 Å². The fourth-order valence-corrected chi connectivity index (χ4v) is 3.34. The van der Waals surface area contributed by atoms with Crippen LogP contribution in [-0.4, -0.2) is 24.6 Å². The Labute approximate surface area is 144 Å². The number of ether oxygens (including phenoxy) is 1. The van der Waals surface area contributed by atoms with Crippen molar-refractivity contribution in [2.24, 2.45) is 16.8 Å². The Morgan fingerprint density at radius 1 is 1.33 bits per heavy atom. The summed E-state index contributed by atoms with van der Waals surface area (Å²) in [5, 5.41) is 0. The quantitative estimate of drug-likeness (QED) is 0.596. The maximum Gasteiger partial charge on any atom is 0.308 e. The minimum absolute atomic E-state index is 0.136. The summed E-state index contributed by atoms with van der Waals surface area (Å²) in [6, 6.07) is 6.10. The molecular formula is C20H27NO3. The number of aryl methyl sites for hydroxylation is 2. The van der Waals surface area contributed by atoms with Crippen LogP contribution < -0.4 is 0 Å². The van der Waals surface area contributed by atoms with Crippen LogP contribution >= 0.6 is 0 Å². The number of ketones is 1. The summed E-state index contributed by atoms with van der Waals surface area (Å²) < 4.78 is 4.86. The van der Waals surface area contributed by atoms with Crippen LogP contribution in [0.2, 0.25) is 0 Å². The van der Waals surface area contributed by atoms with Gasteiger partial charge in [0, 0.05) is 24.5 Å². The largest absolute Gasteiger partial charge is 0.469 e. The van der Waals surface area contributed by atoms with Crippen molar-refractivity contribution in [3.8, 4) is 0 Å². The third-order valence-electron chi connectivity index (χ3n) is 4.77. The zero-order valence-electron chi connectivity index (χ0n) is 15.1. The summed E-state index contributed by atoms with van der Waals surface area (Å²) in [5.41, 5.74) is 4.14. The van der Waals surface area contributed by atoms with E-state index in [1.54, 1.807) is 0 Å². The van der Waals surface area contributed by atoms with Crippen LogP contribution in [0.15, 0.2) is 23.2 Å². The molecule has 24 heavy (non-hydrogen) atoms. The summed E-state index contributed by atoms with van der Waals surface area (Å²) in [6.07, 6.45) is 3.61. The minimum Gasteiger partial charge on any atom is -0.469 e. The van der Waals surface area contributed by atoms with E-state index in [-0.39, 0.29) is 17.8 Å². The molecule has 1 aromatic rings. The van der Waals surface area contributed by atoms with Gasteiger partial charge in [0.1, 0.15) is 5.78 Å². The van der Waals surface area contributed by atoms with E-state index in [2.05, 4.69) is 0 Å². The van der Waals surface area contributed by atoms with Crippen molar-refractivity contribution in [3.05, 3.63) is 29.3 Å². The van der Waals surface area contributed by atoms with Crippen LogP contribution in [0.25, 0.3) is 0 Å². The molecule has 1 aliphatic rings. The molecular weight excluding hydrogens is 302 g/mol. The second-order valence-electron chi connectivity index (χ2n) is 6.80. The van der Waals surface area contributed by atoms with Crippen molar-refractivity contribution in [3.63, 3.8) is 0 Å². The van der Waals surface area contributed by atoms with Crippen molar-refractivity contribution >= 4 is 23.2 Å². The maximum atomic E-state index is 11.9. The van der Waals surface area contributed by atoms with Gasteiger partial charge in [0.25, 0.3) is 0 Å². The molecule has 2 unspecified atom stereocenters. The second-order valence-corrected chi connectivity index (χ2v) is 6.80. The van der Waals surface area contributed by atoms with E-state index in [4.69, 9.17) is 9.73 Å². The third-order valence-corrected chi connectivity index (χ3v) is 4.77. The molecule has 0 amide bonds. The van der Waals surface area contributed by atoms with Crippen molar-refractivity contribution < 1.29 is 14.3 Å². The minimum atomic E-state index is -0.255. The summed E-state index contributed by atoms with van der Waals surface area (Å²) >= 11 is 0. The van der Waals surface area contributed by atoms with Crippen molar-refractivity contribution in [2.45, 2.75) is 52.9 Å². The van der Waals surface area contributed by atoms with Crippen LogP contribution in [0.3, 0.4) is 0 Å². The van der Waals surface area contributed by atoms with Gasteiger partial charge in [-0.3, -0.25) is 14.6 Å². The zero-order valence-corrected chi connectivity index (χ0v) is 15.1. The number of hydrogen-bond donors (Lipinski definition) is 0. The van der Waals surface area contributed by atoms with Gasteiger partial charge >= 0.3 is 5.97 Å². The van der Waals surface area contributed by atoms with Gasteiger partial charge < -0.3 is 4.74 Å². The maximum absolute atomic E-state index is 11.9. The number of aliphatic imine (C=N–C) groups is 1.